The molecule has 0 saturated heterocycles. The molecule has 1 rings (SSSR count). The van der Waals surface area contributed by atoms with E-state index in [2.05, 4.69) is 6.92 Å². The van der Waals surface area contributed by atoms with E-state index in [1.165, 1.54) is 70.6 Å². The van der Waals surface area contributed by atoms with Gasteiger partial charge >= 0.3 is 0 Å². The molecule has 0 bridgehead atoms. The minimum atomic E-state index is 0.548. The zero-order valence-electron chi connectivity index (χ0n) is 10.4. The highest BCUT2D eigenvalue weighted by atomic mass is 35.5. The van der Waals surface area contributed by atoms with Gasteiger partial charge in [0.1, 0.15) is 0 Å². The van der Waals surface area contributed by atoms with Crippen LogP contribution in [0.25, 0.3) is 0 Å². The molecule has 1 aliphatic carbocycles. The van der Waals surface area contributed by atoms with Gasteiger partial charge in [-0.3, -0.25) is 0 Å². The molecule has 0 amide bonds. The summed E-state index contributed by atoms with van der Waals surface area (Å²) in [7, 11) is 0. The molecular formula is C14H27Cl. The van der Waals surface area contributed by atoms with Crippen molar-refractivity contribution >= 4 is 11.6 Å². The van der Waals surface area contributed by atoms with Crippen LogP contribution in [0, 0.1) is 5.41 Å². The standard InChI is InChI=1S/C14H27Cl/c1-2-3-4-5-6-7-10-14(13-15)11-8-9-12-14/h2-13H2,1H3. The molecule has 0 spiro atoms. The van der Waals surface area contributed by atoms with Gasteiger partial charge in [0.05, 0.1) is 0 Å². The van der Waals surface area contributed by atoms with Gasteiger partial charge in [-0.15, -0.1) is 11.6 Å². The summed E-state index contributed by atoms with van der Waals surface area (Å²) in [6.07, 6.45) is 15.5. The van der Waals surface area contributed by atoms with Crippen LogP contribution in [-0.4, -0.2) is 5.88 Å². The van der Waals surface area contributed by atoms with Crippen molar-refractivity contribution in [1.29, 1.82) is 0 Å². The molecule has 0 N–H and O–H groups in total. The molecule has 15 heavy (non-hydrogen) atoms. The monoisotopic (exact) mass is 230 g/mol. The number of alkyl halides is 1. The van der Waals surface area contributed by atoms with Crippen LogP contribution in [0.4, 0.5) is 0 Å². The molecule has 0 aliphatic heterocycles. The first-order valence-electron chi connectivity index (χ1n) is 6.89. The molecule has 90 valence electrons. The van der Waals surface area contributed by atoms with E-state index in [1.54, 1.807) is 0 Å². The molecule has 0 radical (unpaired) electrons. The van der Waals surface area contributed by atoms with Crippen molar-refractivity contribution in [2.24, 2.45) is 5.41 Å². The summed E-state index contributed by atoms with van der Waals surface area (Å²) in [6.45, 7) is 2.28. The highest BCUT2D eigenvalue weighted by molar-refractivity contribution is 6.18. The van der Waals surface area contributed by atoms with E-state index in [1.807, 2.05) is 0 Å². The molecule has 0 aromatic heterocycles. The lowest BCUT2D eigenvalue weighted by atomic mass is 9.83. The van der Waals surface area contributed by atoms with E-state index in [0.29, 0.717) is 5.41 Å². The third-order valence-electron chi connectivity index (χ3n) is 4.01. The van der Waals surface area contributed by atoms with Crippen molar-refractivity contribution < 1.29 is 0 Å². The van der Waals surface area contributed by atoms with Crippen molar-refractivity contribution in [3.05, 3.63) is 0 Å². The van der Waals surface area contributed by atoms with Crippen molar-refractivity contribution in [1.82, 2.24) is 0 Å². The fourth-order valence-electron chi connectivity index (χ4n) is 2.86. The lowest BCUT2D eigenvalue weighted by Gasteiger charge is -2.26. The summed E-state index contributed by atoms with van der Waals surface area (Å²) in [5.74, 6) is 0.905. The van der Waals surface area contributed by atoms with Gasteiger partial charge in [-0.05, 0) is 24.7 Å². The van der Waals surface area contributed by atoms with E-state index < -0.39 is 0 Å². The first-order chi connectivity index (χ1) is 7.33. The summed E-state index contributed by atoms with van der Waals surface area (Å²) in [6, 6.07) is 0. The Morgan fingerprint density at radius 3 is 2.13 bits per heavy atom. The third kappa shape index (κ3) is 4.76. The van der Waals surface area contributed by atoms with Crippen LogP contribution >= 0.6 is 11.6 Å². The molecular weight excluding hydrogens is 204 g/mol. The second-order valence-electron chi connectivity index (χ2n) is 5.36. The number of hydrogen-bond donors (Lipinski definition) is 0. The highest BCUT2D eigenvalue weighted by Crippen LogP contribution is 2.43. The van der Waals surface area contributed by atoms with Crippen molar-refractivity contribution in [2.75, 3.05) is 5.88 Å². The number of rotatable bonds is 8. The summed E-state index contributed by atoms with van der Waals surface area (Å²) < 4.78 is 0. The van der Waals surface area contributed by atoms with Gasteiger partial charge in [0.2, 0.25) is 0 Å². The van der Waals surface area contributed by atoms with Crippen LogP contribution in [0.2, 0.25) is 0 Å². The normalized spacial score (nSPS) is 19.6. The molecule has 0 aromatic rings. The van der Waals surface area contributed by atoms with Gasteiger partial charge in [-0.2, -0.15) is 0 Å². The maximum absolute atomic E-state index is 6.13. The van der Waals surface area contributed by atoms with Gasteiger partial charge in [0.15, 0.2) is 0 Å². The van der Waals surface area contributed by atoms with Crippen LogP contribution in [-0.2, 0) is 0 Å². The smallest absolute Gasteiger partial charge is 0.0279 e. The van der Waals surface area contributed by atoms with Gasteiger partial charge < -0.3 is 0 Å². The summed E-state index contributed by atoms with van der Waals surface area (Å²) >= 11 is 6.13. The van der Waals surface area contributed by atoms with E-state index in [4.69, 9.17) is 11.6 Å². The molecule has 0 unspecified atom stereocenters. The minimum absolute atomic E-state index is 0.548. The molecule has 0 heterocycles. The maximum atomic E-state index is 6.13. The topological polar surface area (TPSA) is 0 Å². The minimum Gasteiger partial charge on any atom is -0.126 e. The quantitative estimate of drug-likeness (QED) is 0.380. The highest BCUT2D eigenvalue weighted by Gasteiger charge is 2.31. The summed E-state index contributed by atoms with van der Waals surface area (Å²) in [5.41, 5.74) is 0.548. The van der Waals surface area contributed by atoms with Gasteiger partial charge in [-0.25, -0.2) is 0 Å². The summed E-state index contributed by atoms with van der Waals surface area (Å²) in [4.78, 5) is 0. The van der Waals surface area contributed by atoms with Gasteiger partial charge in [-0.1, -0.05) is 58.3 Å². The van der Waals surface area contributed by atoms with Crippen molar-refractivity contribution in [3.63, 3.8) is 0 Å². The average Bonchev–Trinajstić information content (AvgIpc) is 2.73. The lowest BCUT2D eigenvalue weighted by Crippen LogP contribution is -2.18. The fraction of sp³-hybridized carbons (Fsp3) is 1.00. The SMILES string of the molecule is CCCCCCCCC1(CCl)CCCC1. The third-order valence-corrected chi connectivity index (χ3v) is 4.58. The Bertz CT molecular complexity index is 147. The Labute approximate surface area is 101 Å². The van der Waals surface area contributed by atoms with Gasteiger partial charge in [0, 0.05) is 5.88 Å². The second-order valence-corrected chi connectivity index (χ2v) is 5.63. The Hall–Kier alpha value is 0.290. The van der Waals surface area contributed by atoms with Crippen molar-refractivity contribution in [2.45, 2.75) is 77.6 Å². The Balaban J connectivity index is 2.02. The van der Waals surface area contributed by atoms with Crippen LogP contribution in [0.5, 0.6) is 0 Å². The number of unbranched alkanes of at least 4 members (excludes halogenated alkanes) is 5. The van der Waals surface area contributed by atoms with Crippen LogP contribution in [0.1, 0.15) is 77.6 Å². The average molecular weight is 231 g/mol. The van der Waals surface area contributed by atoms with Crippen LogP contribution in [0.3, 0.4) is 0 Å². The number of halogens is 1. The molecule has 0 aromatic carbocycles. The van der Waals surface area contributed by atoms with Crippen LogP contribution in [0.15, 0.2) is 0 Å². The van der Waals surface area contributed by atoms with Crippen LogP contribution < -0.4 is 0 Å². The fourth-order valence-corrected chi connectivity index (χ4v) is 3.26. The maximum Gasteiger partial charge on any atom is 0.0279 e. The van der Waals surface area contributed by atoms with E-state index in [9.17, 15) is 0 Å². The first-order valence-corrected chi connectivity index (χ1v) is 7.42. The second kappa shape index (κ2) is 7.54. The lowest BCUT2D eigenvalue weighted by molar-refractivity contribution is 0.300. The predicted molar refractivity (Wildman–Crippen MR) is 69.6 cm³/mol. The van der Waals surface area contributed by atoms with Gasteiger partial charge in [0.25, 0.3) is 0 Å². The Morgan fingerprint density at radius 1 is 0.933 bits per heavy atom. The first kappa shape index (κ1) is 13.4. The zero-order valence-corrected chi connectivity index (χ0v) is 11.1. The van der Waals surface area contributed by atoms with Crippen molar-refractivity contribution in [3.8, 4) is 0 Å². The zero-order chi connectivity index (χ0) is 11.0. The Kier molecular flexibility index (Phi) is 6.72. The largest absolute Gasteiger partial charge is 0.126 e. The molecule has 0 nitrogen and oxygen atoms in total. The number of hydrogen-bond acceptors (Lipinski definition) is 0. The molecule has 0 atom stereocenters. The predicted octanol–water partition coefficient (Wildman–Crippen LogP) is 5.54. The molecule has 1 saturated carbocycles. The molecule has 1 heteroatoms. The Morgan fingerprint density at radius 2 is 1.53 bits per heavy atom. The molecule has 1 fully saturated rings. The summed E-state index contributed by atoms with van der Waals surface area (Å²) in [5, 5.41) is 0. The van der Waals surface area contributed by atoms with E-state index >= 15 is 0 Å². The molecule has 1 aliphatic rings. The van der Waals surface area contributed by atoms with E-state index in [0.717, 1.165) is 5.88 Å². The van der Waals surface area contributed by atoms with E-state index in [-0.39, 0.29) is 0 Å².